The normalized spacial score (nSPS) is 13.2. The average molecular weight is 359 g/mol. The second-order valence-corrected chi connectivity index (χ2v) is 8.26. The van der Waals surface area contributed by atoms with Crippen LogP contribution in [0.15, 0.2) is 18.2 Å². The Morgan fingerprint density at radius 1 is 1.23 bits per heavy atom. The number of esters is 1. The molecule has 1 unspecified atom stereocenters. The van der Waals surface area contributed by atoms with Crippen molar-refractivity contribution in [1.29, 1.82) is 0 Å². The van der Waals surface area contributed by atoms with Crippen LogP contribution in [0.1, 0.15) is 82.9 Å². The fourth-order valence-corrected chi connectivity index (χ4v) is 3.50. The molecule has 0 saturated carbocycles. The molecule has 0 saturated heterocycles. The molecular weight excluding hydrogens is 324 g/mol. The average Bonchev–Trinajstić information content (AvgIpc) is 2.98. The van der Waals surface area contributed by atoms with Gasteiger partial charge in [-0.25, -0.2) is 9.78 Å². The Kier molecular flexibility index (Phi) is 6.85. The molecule has 0 aliphatic rings. The molecule has 1 heterocycles. The Bertz CT molecular complexity index is 740. The lowest BCUT2D eigenvalue weighted by Crippen LogP contribution is -2.21. The highest BCUT2D eigenvalue weighted by Crippen LogP contribution is 2.29. The topological polar surface area (TPSA) is 44.1 Å². The first kappa shape index (κ1) is 20.5. The summed E-state index contributed by atoms with van der Waals surface area (Å²) in [7, 11) is 1.41. The van der Waals surface area contributed by atoms with Crippen LogP contribution in [-0.4, -0.2) is 22.6 Å². The van der Waals surface area contributed by atoms with Crippen molar-refractivity contribution < 1.29 is 9.53 Å². The number of methoxy groups -OCH3 is 1. The van der Waals surface area contributed by atoms with Crippen LogP contribution >= 0.6 is 0 Å². The van der Waals surface area contributed by atoms with E-state index in [9.17, 15) is 4.79 Å². The summed E-state index contributed by atoms with van der Waals surface area (Å²) >= 11 is 0. The number of aromatic nitrogens is 2. The number of ether oxygens (including phenoxy) is 1. The third kappa shape index (κ3) is 4.66. The summed E-state index contributed by atoms with van der Waals surface area (Å²) in [5.41, 5.74) is 2.49. The number of hydrogen-bond acceptors (Lipinski definition) is 3. The Morgan fingerprint density at radius 3 is 2.54 bits per heavy atom. The maximum absolute atomic E-state index is 11.9. The van der Waals surface area contributed by atoms with Crippen LogP contribution in [0.3, 0.4) is 0 Å². The number of rotatable bonds is 8. The number of hydrogen-bond donors (Lipinski definition) is 0. The van der Waals surface area contributed by atoms with Crippen LogP contribution in [0, 0.1) is 5.92 Å². The van der Waals surface area contributed by atoms with Gasteiger partial charge in [-0.3, -0.25) is 0 Å². The van der Waals surface area contributed by atoms with Gasteiger partial charge in [-0.15, -0.1) is 0 Å². The standard InChI is InChI=1S/C22H34N2O2/c1-7-9-10-11-16(8-2)15-24-19-13-12-17(20(25)26-6)14-18(19)23-21(24)22(3,4)5/h12-14,16H,7-11,15H2,1-6H3. The van der Waals surface area contributed by atoms with Crippen LogP contribution in [0.25, 0.3) is 11.0 Å². The van der Waals surface area contributed by atoms with Crippen molar-refractivity contribution in [3.63, 3.8) is 0 Å². The van der Waals surface area contributed by atoms with Crippen LogP contribution in [0.5, 0.6) is 0 Å². The lowest BCUT2D eigenvalue weighted by atomic mass is 9.94. The van der Waals surface area contributed by atoms with E-state index in [4.69, 9.17) is 9.72 Å². The second-order valence-electron chi connectivity index (χ2n) is 8.26. The van der Waals surface area contributed by atoms with Crippen LogP contribution in [0.4, 0.5) is 0 Å². The fraction of sp³-hybridized carbons (Fsp3) is 0.636. The Labute approximate surface area is 158 Å². The Hall–Kier alpha value is -1.84. The first-order valence-electron chi connectivity index (χ1n) is 9.90. The number of imidazole rings is 1. The minimum atomic E-state index is -0.315. The van der Waals surface area contributed by atoms with E-state index in [0.29, 0.717) is 11.5 Å². The summed E-state index contributed by atoms with van der Waals surface area (Å²) < 4.78 is 7.22. The van der Waals surface area contributed by atoms with Gasteiger partial charge in [0.2, 0.25) is 0 Å². The molecule has 0 fully saturated rings. The van der Waals surface area contributed by atoms with E-state index < -0.39 is 0 Å². The number of nitrogens with zero attached hydrogens (tertiary/aromatic N) is 2. The zero-order chi connectivity index (χ0) is 19.3. The van der Waals surface area contributed by atoms with Gasteiger partial charge in [-0.05, 0) is 30.5 Å². The number of fused-ring (bicyclic) bond motifs is 1. The zero-order valence-electron chi connectivity index (χ0n) is 17.3. The third-order valence-electron chi connectivity index (χ3n) is 5.07. The smallest absolute Gasteiger partial charge is 0.337 e. The lowest BCUT2D eigenvalue weighted by Gasteiger charge is -2.23. The maximum atomic E-state index is 11.9. The molecular formula is C22H34N2O2. The first-order valence-corrected chi connectivity index (χ1v) is 9.90. The Balaban J connectivity index is 2.43. The van der Waals surface area contributed by atoms with E-state index in [-0.39, 0.29) is 11.4 Å². The maximum Gasteiger partial charge on any atom is 0.337 e. The van der Waals surface area contributed by atoms with Crippen LogP contribution in [0.2, 0.25) is 0 Å². The van der Waals surface area contributed by atoms with Gasteiger partial charge in [0.25, 0.3) is 0 Å². The van der Waals surface area contributed by atoms with Crippen molar-refractivity contribution in [3.05, 3.63) is 29.6 Å². The molecule has 0 bridgehead atoms. The summed E-state index contributed by atoms with van der Waals surface area (Å²) in [5, 5.41) is 0. The predicted molar refractivity (Wildman–Crippen MR) is 108 cm³/mol. The van der Waals surface area contributed by atoms with Crippen molar-refractivity contribution >= 4 is 17.0 Å². The minimum absolute atomic E-state index is 0.0494. The largest absolute Gasteiger partial charge is 0.465 e. The van der Waals surface area contributed by atoms with Gasteiger partial charge in [-0.1, -0.05) is 60.3 Å². The molecule has 1 aromatic heterocycles. The van der Waals surface area contributed by atoms with Gasteiger partial charge in [0.1, 0.15) is 5.82 Å². The van der Waals surface area contributed by atoms with Crippen molar-refractivity contribution in [1.82, 2.24) is 9.55 Å². The zero-order valence-corrected chi connectivity index (χ0v) is 17.3. The molecule has 2 aromatic rings. The molecule has 0 aliphatic carbocycles. The van der Waals surface area contributed by atoms with Gasteiger partial charge in [0.15, 0.2) is 0 Å². The van der Waals surface area contributed by atoms with Gasteiger partial charge >= 0.3 is 5.97 Å². The SMILES string of the molecule is CCCCCC(CC)Cn1c(C(C)(C)C)nc2cc(C(=O)OC)ccc21. The summed E-state index contributed by atoms with van der Waals surface area (Å²) in [6.07, 6.45) is 6.28. The molecule has 26 heavy (non-hydrogen) atoms. The summed E-state index contributed by atoms with van der Waals surface area (Å²) in [5.74, 6) is 1.42. The van der Waals surface area contributed by atoms with Gasteiger partial charge in [0.05, 0.1) is 23.7 Å². The molecule has 0 spiro atoms. The second kappa shape index (κ2) is 8.70. The number of carbonyl (C=O) groups excluding carboxylic acids is 1. The molecule has 1 atom stereocenters. The van der Waals surface area contributed by atoms with E-state index in [2.05, 4.69) is 39.2 Å². The van der Waals surface area contributed by atoms with Crippen molar-refractivity contribution in [2.24, 2.45) is 5.92 Å². The highest BCUT2D eigenvalue weighted by atomic mass is 16.5. The highest BCUT2D eigenvalue weighted by molar-refractivity contribution is 5.93. The fourth-order valence-electron chi connectivity index (χ4n) is 3.50. The first-order chi connectivity index (χ1) is 12.3. The molecule has 4 heteroatoms. The van der Waals surface area contributed by atoms with Crippen LogP contribution in [-0.2, 0) is 16.7 Å². The van der Waals surface area contributed by atoms with Crippen molar-refractivity contribution in [2.45, 2.75) is 78.7 Å². The predicted octanol–water partition coefficient (Wildman–Crippen LogP) is 5.73. The van der Waals surface area contributed by atoms with E-state index in [1.54, 1.807) is 0 Å². The van der Waals surface area contributed by atoms with E-state index in [1.807, 2.05) is 18.2 Å². The molecule has 0 radical (unpaired) electrons. The van der Waals surface area contributed by atoms with Crippen molar-refractivity contribution in [2.75, 3.05) is 7.11 Å². The molecule has 2 rings (SSSR count). The van der Waals surface area contributed by atoms with E-state index >= 15 is 0 Å². The number of unbranched alkanes of at least 4 members (excludes halogenated alkanes) is 2. The molecule has 0 amide bonds. The molecule has 4 nitrogen and oxygen atoms in total. The summed E-state index contributed by atoms with van der Waals surface area (Å²) in [6.45, 7) is 12.1. The molecule has 0 aliphatic heterocycles. The molecule has 0 N–H and O–H groups in total. The molecule has 1 aromatic carbocycles. The number of carbonyl (C=O) groups is 1. The highest BCUT2D eigenvalue weighted by Gasteiger charge is 2.24. The summed E-state index contributed by atoms with van der Waals surface area (Å²) in [6, 6.07) is 5.71. The minimum Gasteiger partial charge on any atom is -0.465 e. The lowest BCUT2D eigenvalue weighted by molar-refractivity contribution is 0.0601. The molecule has 144 valence electrons. The Morgan fingerprint density at radius 2 is 1.96 bits per heavy atom. The number of benzene rings is 1. The monoisotopic (exact) mass is 358 g/mol. The van der Waals surface area contributed by atoms with Gasteiger partial charge in [0, 0.05) is 12.0 Å². The summed E-state index contributed by atoms with van der Waals surface area (Å²) in [4.78, 5) is 16.8. The quantitative estimate of drug-likeness (QED) is 0.447. The van der Waals surface area contributed by atoms with Gasteiger partial charge < -0.3 is 9.30 Å². The van der Waals surface area contributed by atoms with E-state index in [0.717, 1.165) is 23.4 Å². The van der Waals surface area contributed by atoms with E-state index in [1.165, 1.54) is 39.2 Å². The van der Waals surface area contributed by atoms with Gasteiger partial charge in [-0.2, -0.15) is 0 Å². The van der Waals surface area contributed by atoms with Crippen molar-refractivity contribution in [3.8, 4) is 0 Å². The third-order valence-corrected chi connectivity index (χ3v) is 5.07. The van der Waals surface area contributed by atoms with Crippen LogP contribution < -0.4 is 0 Å².